The SMILES string of the molecule is Cc1c(Cl)cccc1NC(=O)CNC(=O)CNc1cccc(S(=O)(=O)N2CCCC2)c1. The van der Waals surface area contributed by atoms with Crippen LogP contribution < -0.4 is 16.0 Å². The van der Waals surface area contributed by atoms with Gasteiger partial charge in [-0.15, -0.1) is 0 Å². The van der Waals surface area contributed by atoms with Crippen molar-refractivity contribution < 1.29 is 18.0 Å². The number of carbonyl (C=O) groups is 2. The molecule has 8 nitrogen and oxygen atoms in total. The highest BCUT2D eigenvalue weighted by Gasteiger charge is 2.27. The van der Waals surface area contributed by atoms with E-state index in [1.165, 1.54) is 10.4 Å². The maximum absolute atomic E-state index is 12.7. The average molecular weight is 465 g/mol. The Morgan fingerprint density at radius 2 is 1.74 bits per heavy atom. The summed E-state index contributed by atoms with van der Waals surface area (Å²) in [5.41, 5.74) is 1.84. The zero-order chi connectivity index (χ0) is 22.4. The van der Waals surface area contributed by atoms with Gasteiger partial charge in [0.25, 0.3) is 0 Å². The Labute approximate surface area is 187 Å². The predicted octanol–water partition coefficient (Wildman–Crippen LogP) is 2.60. The average Bonchev–Trinajstić information content (AvgIpc) is 3.30. The number of rotatable bonds is 8. The van der Waals surface area contributed by atoms with E-state index in [2.05, 4.69) is 16.0 Å². The second-order valence-corrected chi connectivity index (χ2v) is 9.58. The van der Waals surface area contributed by atoms with Gasteiger partial charge in [0.1, 0.15) is 0 Å². The molecule has 0 aliphatic carbocycles. The van der Waals surface area contributed by atoms with Gasteiger partial charge in [0.2, 0.25) is 21.8 Å². The van der Waals surface area contributed by atoms with Gasteiger partial charge in [-0.3, -0.25) is 9.59 Å². The molecule has 0 aromatic heterocycles. The molecule has 0 spiro atoms. The Bertz CT molecular complexity index is 1070. The molecule has 0 bridgehead atoms. The number of benzene rings is 2. The van der Waals surface area contributed by atoms with Crippen LogP contribution in [0.5, 0.6) is 0 Å². The molecule has 2 amide bonds. The summed E-state index contributed by atoms with van der Waals surface area (Å²) >= 11 is 6.03. The van der Waals surface area contributed by atoms with Gasteiger partial charge in [0.15, 0.2) is 0 Å². The van der Waals surface area contributed by atoms with Crippen LogP contribution in [0, 0.1) is 6.92 Å². The van der Waals surface area contributed by atoms with Gasteiger partial charge < -0.3 is 16.0 Å². The Balaban J connectivity index is 1.49. The molecule has 3 rings (SSSR count). The van der Waals surface area contributed by atoms with Crippen LogP contribution in [0.15, 0.2) is 47.4 Å². The Kier molecular flexibility index (Phi) is 7.53. The maximum Gasteiger partial charge on any atom is 0.243 e. The molecule has 1 heterocycles. The van der Waals surface area contributed by atoms with Gasteiger partial charge in [-0.2, -0.15) is 4.31 Å². The summed E-state index contributed by atoms with van der Waals surface area (Å²) < 4.78 is 26.8. The summed E-state index contributed by atoms with van der Waals surface area (Å²) in [6.45, 7) is 2.55. The molecule has 31 heavy (non-hydrogen) atoms. The van der Waals surface area contributed by atoms with E-state index in [1.54, 1.807) is 43.3 Å². The number of hydrogen-bond acceptors (Lipinski definition) is 5. The maximum atomic E-state index is 12.7. The fourth-order valence-corrected chi connectivity index (χ4v) is 4.94. The molecule has 1 aliphatic heterocycles. The van der Waals surface area contributed by atoms with E-state index < -0.39 is 15.9 Å². The lowest BCUT2D eigenvalue weighted by Gasteiger charge is -2.16. The van der Waals surface area contributed by atoms with Crippen LogP contribution in [0.2, 0.25) is 5.02 Å². The topological polar surface area (TPSA) is 108 Å². The first-order valence-electron chi connectivity index (χ1n) is 9.93. The molecule has 2 aromatic carbocycles. The molecule has 10 heteroatoms. The third-order valence-corrected chi connectivity index (χ3v) is 7.28. The van der Waals surface area contributed by atoms with Crippen molar-refractivity contribution >= 4 is 44.8 Å². The molecule has 0 unspecified atom stereocenters. The first kappa shape index (κ1) is 23.1. The predicted molar refractivity (Wildman–Crippen MR) is 121 cm³/mol. The second kappa shape index (κ2) is 10.1. The van der Waals surface area contributed by atoms with Crippen LogP contribution in [0.25, 0.3) is 0 Å². The number of amides is 2. The first-order valence-corrected chi connectivity index (χ1v) is 11.7. The van der Waals surface area contributed by atoms with Gasteiger partial charge in [-0.05, 0) is 55.7 Å². The third-order valence-electron chi connectivity index (χ3n) is 4.98. The monoisotopic (exact) mass is 464 g/mol. The highest BCUT2D eigenvalue weighted by molar-refractivity contribution is 7.89. The van der Waals surface area contributed by atoms with Crippen LogP contribution in [0.1, 0.15) is 18.4 Å². The van der Waals surface area contributed by atoms with Gasteiger partial charge in [-0.25, -0.2) is 8.42 Å². The number of nitrogens with one attached hydrogen (secondary N) is 3. The molecular weight excluding hydrogens is 440 g/mol. The van der Waals surface area contributed by atoms with Crippen LogP contribution >= 0.6 is 11.6 Å². The molecule has 166 valence electrons. The smallest absolute Gasteiger partial charge is 0.243 e. The lowest BCUT2D eigenvalue weighted by molar-refractivity contribution is -0.122. The Hall–Kier alpha value is -2.62. The normalized spacial score (nSPS) is 14.3. The second-order valence-electron chi connectivity index (χ2n) is 7.23. The minimum Gasteiger partial charge on any atom is -0.376 e. The summed E-state index contributed by atoms with van der Waals surface area (Å²) in [6.07, 6.45) is 1.73. The molecule has 2 aromatic rings. The van der Waals surface area contributed by atoms with Crippen molar-refractivity contribution in [2.75, 3.05) is 36.8 Å². The number of nitrogens with zero attached hydrogens (tertiary/aromatic N) is 1. The third kappa shape index (κ3) is 5.96. The minimum atomic E-state index is -3.53. The molecule has 1 aliphatic rings. The summed E-state index contributed by atoms with van der Waals surface area (Å²) in [5.74, 6) is -0.775. The van der Waals surface area contributed by atoms with E-state index >= 15 is 0 Å². The lowest BCUT2D eigenvalue weighted by atomic mass is 10.2. The van der Waals surface area contributed by atoms with Crippen LogP contribution in [0.3, 0.4) is 0 Å². The summed E-state index contributed by atoms with van der Waals surface area (Å²) in [5, 5.41) is 8.66. The van der Waals surface area contributed by atoms with Crippen molar-refractivity contribution in [3.63, 3.8) is 0 Å². The van der Waals surface area contributed by atoms with E-state index in [-0.39, 0.29) is 23.9 Å². The largest absolute Gasteiger partial charge is 0.376 e. The lowest BCUT2D eigenvalue weighted by Crippen LogP contribution is -2.36. The Morgan fingerprint density at radius 3 is 2.48 bits per heavy atom. The highest BCUT2D eigenvalue weighted by Crippen LogP contribution is 2.23. The number of hydrogen-bond donors (Lipinski definition) is 3. The minimum absolute atomic E-state index is 0.101. The zero-order valence-corrected chi connectivity index (χ0v) is 18.7. The van der Waals surface area contributed by atoms with Crippen LogP contribution in [-0.4, -0.2) is 50.7 Å². The Morgan fingerprint density at radius 1 is 1.03 bits per heavy atom. The number of anilines is 2. The van der Waals surface area contributed by atoms with Crippen molar-refractivity contribution in [3.05, 3.63) is 53.1 Å². The molecule has 1 saturated heterocycles. The van der Waals surface area contributed by atoms with Crippen molar-refractivity contribution in [2.45, 2.75) is 24.7 Å². The van der Waals surface area contributed by atoms with Crippen molar-refractivity contribution in [3.8, 4) is 0 Å². The quantitative estimate of drug-likeness (QED) is 0.556. The zero-order valence-electron chi connectivity index (χ0n) is 17.2. The van der Waals surface area contributed by atoms with Gasteiger partial charge in [-0.1, -0.05) is 23.7 Å². The van der Waals surface area contributed by atoms with Crippen molar-refractivity contribution in [2.24, 2.45) is 0 Å². The van der Waals surface area contributed by atoms with Crippen molar-refractivity contribution in [1.82, 2.24) is 9.62 Å². The summed E-state index contributed by atoms with van der Waals surface area (Å²) in [7, 11) is -3.53. The highest BCUT2D eigenvalue weighted by atomic mass is 35.5. The van der Waals surface area contributed by atoms with E-state index in [0.717, 1.165) is 18.4 Å². The molecule has 0 atom stereocenters. The van der Waals surface area contributed by atoms with E-state index in [0.29, 0.717) is 29.5 Å². The van der Waals surface area contributed by atoms with Crippen LogP contribution in [-0.2, 0) is 19.6 Å². The fraction of sp³-hybridized carbons (Fsp3) is 0.333. The molecular formula is C21H25ClN4O4S. The van der Waals surface area contributed by atoms with Crippen molar-refractivity contribution in [1.29, 1.82) is 0 Å². The number of carbonyl (C=O) groups excluding carboxylic acids is 2. The summed E-state index contributed by atoms with van der Waals surface area (Å²) in [4.78, 5) is 24.3. The van der Waals surface area contributed by atoms with E-state index in [1.807, 2.05) is 0 Å². The number of sulfonamides is 1. The van der Waals surface area contributed by atoms with Gasteiger partial charge in [0.05, 0.1) is 18.0 Å². The summed E-state index contributed by atoms with van der Waals surface area (Å²) in [6, 6.07) is 11.5. The first-order chi connectivity index (χ1) is 14.8. The molecule has 0 saturated carbocycles. The number of halogens is 1. The van der Waals surface area contributed by atoms with Gasteiger partial charge in [0, 0.05) is 29.5 Å². The standard InChI is InChI=1S/C21H25ClN4O4S/c1-15-18(22)8-5-9-19(15)25-21(28)14-24-20(27)13-23-16-6-4-7-17(12-16)31(29,30)26-10-2-3-11-26/h4-9,12,23H,2-3,10-11,13-14H2,1H3,(H,24,27)(H,25,28). The van der Waals surface area contributed by atoms with E-state index in [4.69, 9.17) is 11.6 Å². The van der Waals surface area contributed by atoms with Gasteiger partial charge >= 0.3 is 0 Å². The molecule has 3 N–H and O–H groups in total. The fourth-order valence-electron chi connectivity index (χ4n) is 3.21. The van der Waals surface area contributed by atoms with Crippen LogP contribution in [0.4, 0.5) is 11.4 Å². The molecule has 0 radical (unpaired) electrons. The molecule has 1 fully saturated rings. The van der Waals surface area contributed by atoms with E-state index in [9.17, 15) is 18.0 Å².